The molecule has 1 aliphatic heterocycles. The molecule has 0 spiro atoms. The first kappa shape index (κ1) is 18.0. The number of amides is 1. The van der Waals surface area contributed by atoms with Gasteiger partial charge in [-0.3, -0.25) is 14.9 Å². The van der Waals surface area contributed by atoms with Crippen LogP contribution in [0.2, 0.25) is 5.02 Å². The highest BCUT2D eigenvalue weighted by Crippen LogP contribution is 2.29. The fourth-order valence-electron chi connectivity index (χ4n) is 2.84. The molecule has 1 heterocycles. The largest absolute Gasteiger partial charge is 0.492 e. The van der Waals surface area contributed by atoms with Gasteiger partial charge in [0, 0.05) is 24.2 Å². The third-order valence-electron chi connectivity index (χ3n) is 4.14. The Balaban J connectivity index is 1.49. The van der Waals surface area contributed by atoms with Crippen molar-refractivity contribution in [3.63, 3.8) is 0 Å². The lowest BCUT2D eigenvalue weighted by Crippen LogP contribution is -2.39. The summed E-state index contributed by atoms with van der Waals surface area (Å²) in [5.41, 5.74) is 1.35. The topological polar surface area (TPSA) is 93.5 Å². The Morgan fingerprint density at radius 3 is 2.88 bits per heavy atom. The molecule has 3 rings (SSSR count). The molecule has 1 atom stereocenters. The number of carbonyl (C=O) groups is 1. The smallest absolute Gasteiger partial charge is 0.292 e. The summed E-state index contributed by atoms with van der Waals surface area (Å²) in [5.74, 6) is 0.364. The van der Waals surface area contributed by atoms with Crippen molar-refractivity contribution in [3.05, 3.63) is 63.2 Å². The van der Waals surface area contributed by atoms with Gasteiger partial charge in [-0.15, -0.1) is 0 Å². The number of carbonyl (C=O) groups excluding carboxylic acids is 1. The van der Waals surface area contributed by atoms with Gasteiger partial charge in [-0.25, -0.2) is 0 Å². The van der Waals surface area contributed by atoms with Crippen molar-refractivity contribution in [1.82, 2.24) is 5.32 Å². The van der Waals surface area contributed by atoms with Crippen LogP contribution >= 0.6 is 11.6 Å². The fraction of sp³-hybridized carbons (Fsp3) is 0.278. The number of hydrogen-bond donors (Lipinski definition) is 2. The van der Waals surface area contributed by atoms with Crippen molar-refractivity contribution in [1.29, 1.82) is 0 Å². The van der Waals surface area contributed by atoms with E-state index in [-0.39, 0.29) is 17.5 Å². The first-order valence-electron chi connectivity index (χ1n) is 8.21. The average molecular weight is 376 g/mol. The fourth-order valence-corrected chi connectivity index (χ4v) is 3.04. The van der Waals surface area contributed by atoms with Crippen LogP contribution in [0.3, 0.4) is 0 Å². The molecule has 8 heteroatoms. The van der Waals surface area contributed by atoms with E-state index in [2.05, 4.69) is 10.6 Å². The Morgan fingerprint density at radius 1 is 1.27 bits per heavy atom. The summed E-state index contributed by atoms with van der Waals surface area (Å²) in [5, 5.41) is 17.4. The molecule has 2 N–H and O–H groups in total. The number of anilines is 1. The molecule has 2 aromatic carbocycles. The molecule has 26 heavy (non-hydrogen) atoms. The number of benzene rings is 2. The highest BCUT2D eigenvalue weighted by atomic mass is 35.5. The van der Waals surface area contributed by atoms with Crippen molar-refractivity contribution < 1.29 is 14.5 Å². The van der Waals surface area contributed by atoms with Gasteiger partial charge in [0.15, 0.2) is 0 Å². The summed E-state index contributed by atoms with van der Waals surface area (Å²) in [6.45, 7) is 1.05. The van der Waals surface area contributed by atoms with Crippen LogP contribution in [0.25, 0.3) is 0 Å². The summed E-state index contributed by atoms with van der Waals surface area (Å²) >= 11 is 5.99. The van der Waals surface area contributed by atoms with E-state index in [0.717, 1.165) is 11.3 Å². The van der Waals surface area contributed by atoms with Gasteiger partial charge in [0.25, 0.3) is 5.69 Å². The molecule has 0 saturated heterocycles. The summed E-state index contributed by atoms with van der Waals surface area (Å²) in [7, 11) is 0. The monoisotopic (exact) mass is 375 g/mol. The van der Waals surface area contributed by atoms with Crippen LogP contribution in [-0.2, 0) is 11.2 Å². The summed E-state index contributed by atoms with van der Waals surface area (Å²) in [6, 6.07) is 11.8. The highest BCUT2D eigenvalue weighted by molar-refractivity contribution is 6.30. The molecule has 136 valence electrons. The molecule has 1 amide bonds. The van der Waals surface area contributed by atoms with Gasteiger partial charge >= 0.3 is 0 Å². The number of fused-ring (bicyclic) bond motifs is 1. The van der Waals surface area contributed by atoms with Crippen molar-refractivity contribution in [2.24, 2.45) is 5.92 Å². The number of nitrogens with zero attached hydrogens (tertiary/aromatic N) is 1. The normalized spacial score (nSPS) is 15.5. The predicted octanol–water partition coefficient (Wildman–Crippen LogP) is 3.03. The minimum Gasteiger partial charge on any atom is -0.492 e. The number of nitrogens with one attached hydrogen (secondary N) is 2. The maximum absolute atomic E-state index is 12.3. The van der Waals surface area contributed by atoms with Gasteiger partial charge < -0.3 is 15.4 Å². The quantitative estimate of drug-likeness (QED) is 0.460. The molecule has 7 nitrogen and oxygen atoms in total. The lowest BCUT2D eigenvalue weighted by atomic mass is 9.96. The molecule has 0 aromatic heterocycles. The molecule has 0 aliphatic carbocycles. The molecule has 2 aromatic rings. The summed E-state index contributed by atoms with van der Waals surface area (Å²) in [4.78, 5) is 22.8. The zero-order valence-electron chi connectivity index (χ0n) is 13.9. The van der Waals surface area contributed by atoms with Crippen LogP contribution in [0.4, 0.5) is 11.4 Å². The lowest BCUT2D eigenvalue weighted by Gasteiger charge is -2.24. The Kier molecular flexibility index (Phi) is 5.58. The third-order valence-corrected chi connectivity index (χ3v) is 4.38. The molecule has 1 aliphatic rings. The second-order valence-corrected chi connectivity index (χ2v) is 6.39. The first-order valence-corrected chi connectivity index (χ1v) is 8.58. The minimum absolute atomic E-state index is 0.00740. The Labute approximate surface area is 155 Å². The van der Waals surface area contributed by atoms with E-state index < -0.39 is 4.92 Å². The summed E-state index contributed by atoms with van der Waals surface area (Å²) in [6.07, 6.45) is 0.569. The second kappa shape index (κ2) is 8.05. The molecular weight excluding hydrogens is 358 g/mol. The summed E-state index contributed by atoms with van der Waals surface area (Å²) < 4.78 is 5.62. The lowest BCUT2D eigenvalue weighted by molar-refractivity contribution is -0.384. The van der Waals surface area contributed by atoms with Gasteiger partial charge in [-0.05, 0) is 36.2 Å². The first-order chi connectivity index (χ1) is 12.5. The number of rotatable bonds is 6. The molecule has 0 saturated carbocycles. The Hall–Kier alpha value is -2.80. The number of nitro benzene ring substituents is 1. The number of para-hydroxylation sites is 2. The third kappa shape index (κ3) is 4.23. The van der Waals surface area contributed by atoms with Crippen LogP contribution in [0, 0.1) is 16.0 Å². The van der Waals surface area contributed by atoms with Crippen molar-refractivity contribution in [3.8, 4) is 5.75 Å². The number of ether oxygens (including phenoxy) is 1. The van der Waals surface area contributed by atoms with E-state index in [1.54, 1.807) is 24.3 Å². The Morgan fingerprint density at radius 2 is 2.08 bits per heavy atom. The standard InChI is InChI=1S/C18H18ClN3O4/c19-14-5-6-17-12(10-14)9-13(11-26-17)18(23)21-8-7-20-15-3-1-2-4-16(15)22(24)25/h1-6,10,13,20H,7-9,11H2,(H,21,23)/t13-/m1/s1. The van der Waals surface area contributed by atoms with E-state index in [4.69, 9.17) is 16.3 Å². The van der Waals surface area contributed by atoms with Crippen molar-refractivity contribution in [2.75, 3.05) is 25.0 Å². The number of hydrogen-bond acceptors (Lipinski definition) is 5. The molecule has 0 unspecified atom stereocenters. The van der Waals surface area contributed by atoms with Crippen molar-refractivity contribution >= 4 is 28.9 Å². The van der Waals surface area contributed by atoms with Gasteiger partial charge in [-0.1, -0.05) is 23.7 Å². The van der Waals surface area contributed by atoms with E-state index in [0.29, 0.717) is 36.8 Å². The maximum atomic E-state index is 12.3. The van der Waals surface area contributed by atoms with Crippen LogP contribution < -0.4 is 15.4 Å². The van der Waals surface area contributed by atoms with Crippen LogP contribution in [-0.4, -0.2) is 30.5 Å². The van der Waals surface area contributed by atoms with Crippen LogP contribution in [0.15, 0.2) is 42.5 Å². The zero-order valence-corrected chi connectivity index (χ0v) is 14.7. The Bertz CT molecular complexity index is 828. The van der Waals surface area contributed by atoms with Gasteiger partial charge in [0.2, 0.25) is 5.91 Å². The van der Waals surface area contributed by atoms with E-state index >= 15 is 0 Å². The number of nitro groups is 1. The molecule has 0 bridgehead atoms. The van der Waals surface area contributed by atoms with Gasteiger partial charge in [-0.2, -0.15) is 0 Å². The highest BCUT2D eigenvalue weighted by Gasteiger charge is 2.25. The maximum Gasteiger partial charge on any atom is 0.292 e. The molecular formula is C18H18ClN3O4. The van der Waals surface area contributed by atoms with Crippen LogP contribution in [0.5, 0.6) is 5.75 Å². The van der Waals surface area contributed by atoms with Crippen LogP contribution in [0.1, 0.15) is 5.56 Å². The van der Waals surface area contributed by atoms with Gasteiger partial charge in [0.1, 0.15) is 18.0 Å². The zero-order chi connectivity index (χ0) is 18.5. The predicted molar refractivity (Wildman–Crippen MR) is 98.7 cm³/mol. The van der Waals surface area contributed by atoms with E-state index in [9.17, 15) is 14.9 Å². The van der Waals surface area contributed by atoms with E-state index in [1.165, 1.54) is 6.07 Å². The SMILES string of the molecule is O=C(NCCNc1ccccc1[N+](=O)[O-])[C@H]1COc2ccc(Cl)cc2C1. The molecule has 0 radical (unpaired) electrons. The van der Waals surface area contributed by atoms with E-state index in [1.807, 2.05) is 12.1 Å². The minimum atomic E-state index is -0.442. The number of halogens is 1. The van der Waals surface area contributed by atoms with Gasteiger partial charge in [0.05, 0.1) is 10.8 Å². The average Bonchev–Trinajstić information content (AvgIpc) is 2.64. The molecule has 0 fully saturated rings. The second-order valence-electron chi connectivity index (χ2n) is 5.96. The van der Waals surface area contributed by atoms with Crippen molar-refractivity contribution in [2.45, 2.75) is 6.42 Å².